The van der Waals surface area contributed by atoms with Gasteiger partial charge in [0.15, 0.2) is 0 Å². The van der Waals surface area contributed by atoms with Crippen LogP contribution in [0.15, 0.2) is 36.9 Å². The van der Waals surface area contributed by atoms with Crippen molar-refractivity contribution < 1.29 is 0 Å². The van der Waals surface area contributed by atoms with Crippen LogP contribution < -0.4 is 5.73 Å². The Balaban J connectivity index is 2.04. The highest BCUT2D eigenvalue weighted by atomic mass is 15.2. The maximum Gasteiger partial charge on any atom is 0.0951 e. The van der Waals surface area contributed by atoms with Crippen molar-refractivity contribution in [3.8, 4) is 0 Å². The van der Waals surface area contributed by atoms with Crippen molar-refractivity contribution in [1.29, 1.82) is 0 Å². The lowest BCUT2D eigenvalue weighted by molar-refractivity contribution is 0.240. The zero-order valence-corrected chi connectivity index (χ0v) is 13.1. The molecule has 0 aromatic carbocycles. The van der Waals surface area contributed by atoms with Gasteiger partial charge in [0, 0.05) is 43.6 Å². The average molecular weight is 287 g/mol. The van der Waals surface area contributed by atoms with E-state index in [0.717, 1.165) is 18.7 Å². The molecular weight excluding hydrogens is 262 g/mol. The third-order valence-corrected chi connectivity index (χ3v) is 3.80. The average Bonchev–Trinajstić information content (AvgIpc) is 2.96. The Bertz CT molecular complexity index is 535. The molecule has 1 unspecified atom stereocenters. The van der Waals surface area contributed by atoms with Crippen molar-refractivity contribution in [3.05, 3.63) is 48.3 Å². The van der Waals surface area contributed by atoms with Gasteiger partial charge in [-0.15, -0.1) is 0 Å². The first kappa shape index (κ1) is 15.7. The molecule has 2 aromatic rings. The Hall–Kier alpha value is -1.72. The first-order valence-electron chi connectivity index (χ1n) is 7.45. The molecule has 0 aliphatic heterocycles. The van der Waals surface area contributed by atoms with Gasteiger partial charge in [-0.25, -0.2) is 4.98 Å². The number of hydrogen-bond donors (Lipinski definition) is 1. The van der Waals surface area contributed by atoms with Gasteiger partial charge in [0.2, 0.25) is 0 Å². The molecule has 0 bridgehead atoms. The van der Waals surface area contributed by atoms with Gasteiger partial charge in [0.25, 0.3) is 0 Å². The van der Waals surface area contributed by atoms with Gasteiger partial charge in [-0.1, -0.05) is 6.07 Å². The Morgan fingerprint density at radius 3 is 2.76 bits per heavy atom. The van der Waals surface area contributed by atoms with E-state index in [1.165, 1.54) is 5.69 Å². The predicted molar refractivity (Wildman–Crippen MR) is 85.0 cm³/mol. The van der Waals surface area contributed by atoms with Crippen molar-refractivity contribution in [2.75, 3.05) is 20.1 Å². The number of likely N-dealkylation sites (N-methyl/N-ethyl adjacent to an activating group) is 1. The highest BCUT2D eigenvalue weighted by Gasteiger charge is 2.20. The molecule has 0 aliphatic carbocycles. The lowest BCUT2D eigenvalue weighted by atomic mass is 10.1. The van der Waals surface area contributed by atoms with Gasteiger partial charge in [-0.2, -0.15) is 0 Å². The monoisotopic (exact) mass is 287 g/mol. The molecule has 0 spiro atoms. The highest BCUT2D eigenvalue weighted by Crippen LogP contribution is 2.21. The molecule has 5 heteroatoms. The predicted octanol–water partition coefficient (Wildman–Crippen LogP) is 2.03. The van der Waals surface area contributed by atoms with Crippen LogP contribution in [0.2, 0.25) is 0 Å². The topological polar surface area (TPSA) is 60.0 Å². The zero-order chi connectivity index (χ0) is 15.2. The fraction of sp³-hybridized carbons (Fsp3) is 0.500. The lowest BCUT2D eigenvalue weighted by Crippen LogP contribution is -2.33. The molecule has 0 amide bonds. The first-order chi connectivity index (χ1) is 10.1. The van der Waals surface area contributed by atoms with Crippen LogP contribution in [-0.2, 0) is 6.42 Å². The van der Waals surface area contributed by atoms with Crippen LogP contribution in [0.4, 0.5) is 0 Å². The molecule has 2 rings (SSSR count). The van der Waals surface area contributed by atoms with E-state index in [4.69, 9.17) is 5.73 Å². The molecule has 2 heterocycles. The summed E-state index contributed by atoms with van der Waals surface area (Å²) in [5, 5.41) is 0. The molecule has 0 aliphatic rings. The Morgan fingerprint density at radius 1 is 1.33 bits per heavy atom. The molecule has 0 fully saturated rings. The minimum atomic E-state index is 0.179. The molecule has 0 saturated heterocycles. The standard InChI is InChI=1S/C16H25N5/c1-13(2)21-12-18-11-16(21)15(10-17)20(3)9-7-14-6-4-5-8-19-14/h4-6,8,11-13,15H,7,9-10,17H2,1-3H3. The zero-order valence-electron chi connectivity index (χ0n) is 13.1. The van der Waals surface area contributed by atoms with Crippen LogP contribution in [0.5, 0.6) is 0 Å². The molecule has 0 radical (unpaired) electrons. The number of aromatic nitrogens is 3. The number of hydrogen-bond acceptors (Lipinski definition) is 4. The third-order valence-electron chi connectivity index (χ3n) is 3.80. The van der Waals surface area contributed by atoms with Gasteiger partial charge in [-0.3, -0.25) is 9.88 Å². The van der Waals surface area contributed by atoms with E-state index < -0.39 is 0 Å². The molecule has 5 nitrogen and oxygen atoms in total. The SMILES string of the molecule is CC(C)n1cncc1C(CN)N(C)CCc1ccccn1. The molecule has 2 aromatic heterocycles. The third kappa shape index (κ3) is 3.89. The normalized spacial score (nSPS) is 13.0. The fourth-order valence-corrected chi connectivity index (χ4v) is 2.52. The maximum absolute atomic E-state index is 6.00. The van der Waals surface area contributed by atoms with Crippen LogP contribution in [0.25, 0.3) is 0 Å². The first-order valence-corrected chi connectivity index (χ1v) is 7.45. The van der Waals surface area contributed by atoms with Gasteiger partial charge < -0.3 is 10.3 Å². The van der Waals surface area contributed by atoms with Crippen molar-refractivity contribution in [2.24, 2.45) is 5.73 Å². The van der Waals surface area contributed by atoms with Crippen LogP contribution in [0.3, 0.4) is 0 Å². The van der Waals surface area contributed by atoms with E-state index in [2.05, 4.69) is 46.4 Å². The van der Waals surface area contributed by atoms with Crippen molar-refractivity contribution in [3.63, 3.8) is 0 Å². The van der Waals surface area contributed by atoms with Crippen molar-refractivity contribution in [2.45, 2.75) is 32.4 Å². The lowest BCUT2D eigenvalue weighted by Gasteiger charge is -2.28. The van der Waals surface area contributed by atoms with Gasteiger partial charge in [-0.05, 0) is 33.0 Å². The van der Waals surface area contributed by atoms with Gasteiger partial charge in [0.1, 0.15) is 0 Å². The summed E-state index contributed by atoms with van der Waals surface area (Å²) in [6, 6.07) is 6.59. The van der Waals surface area contributed by atoms with E-state index in [9.17, 15) is 0 Å². The molecular formula is C16H25N5. The van der Waals surface area contributed by atoms with Crippen molar-refractivity contribution in [1.82, 2.24) is 19.4 Å². The highest BCUT2D eigenvalue weighted by molar-refractivity contribution is 5.08. The summed E-state index contributed by atoms with van der Waals surface area (Å²) in [7, 11) is 2.11. The van der Waals surface area contributed by atoms with Crippen LogP contribution in [-0.4, -0.2) is 39.6 Å². The Morgan fingerprint density at radius 2 is 2.14 bits per heavy atom. The summed E-state index contributed by atoms with van der Waals surface area (Å²) < 4.78 is 2.19. The summed E-state index contributed by atoms with van der Waals surface area (Å²) in [5.74, 6) is 0. The van der Waals surface area contributed by atoms with Crippen LogP contribution in [0.1, 0.15) is 37.3 Å². The minimum absolute atomic E-state index is 0.179. The Labute approximate surface area is 126 Å². The number of nitrogens with two attached hydrogens (primary N) is 1. The van der Waals surface area contributed by atoms with Gasteiger partial charge >= 0.3 is 0 Å². The molecule has 114 valence electrons. The maximum atomic E-state index is 6.00. The van der Waals surface area contributed by atoms with Gasteiger partial charge in [0.05, 0.1) is 18.1 Å². The van der Waals surface area contributed by atoms with Crippen LogP contribution in [0, 0.1) is 0 Å². The number of imidazole rings is 1. The van der Waals surface area contributed by atoms with E-state index >= 15 is 0 Å². The number of rotatable bonds is 7. The molecule has 0 saturated carbocycles. The number of nitrogens with zero attached hydrogens (tertiary/aromatic N) is 4. The minimum Gasteiger partial charge on any atom is -0.331 e. The second-order valence-corrected chi connectivity index (χ2v) is 5.62. The summed E-state index contributed by atoms with van der Waals surface area (Å²) >= 11 is 0. The summed E-state index contributed by atoms with van der Waals surface area (Å²) in [6.07, 6.45) is 6.57. The van der Waals surface area contributed by atoms with E-state index in [1.807, 2.05) is 30.9 Å². The van der Waals surface area contributed by atoms with Crippen molar-refractivity contribution >= 4 is 0 Å². The summed E-state index contributed by atoms with van der Waals surface area (Å²) in [5.41, 5.74) is 8.29. The second-order valence-electron chi connectivity index (χ2n) is 5.62. The Kier molecular flexibility index (Phi) is 5.47. The molecule has 1 atom stereocenters. The van der Waals surface area contributed by atoms with E-state index in [0.29, 0.717) is 12.6 Å². The molecule has 21 heavy (non-hydrogen) atoms. The molecule has 2 N–H and O–H groups in total. The smallest absolute Gasteiger partial charge is 0.0951 e. The quantitative estimate of drug-likeness (QED) is 0.846. The fourth-order valence-electron chi connectivity index (χ4n) is 2.52. The van der Waals surface area contributed by atoms with Crippen LogP contribution >= 0.6 is 0 Å². The number of pyridine rings is 1. The second kappa shape index (κ2) is 7.33. The van der Waals surface area contributed by atoms with E-state index in [-0.39, 0.29) is 6.04 Å². The summed E-state index contributed by atoms with van der Waals surface area (Å²) in [6.45, 7) is 5.82. The summed E-state index contributed by atoms with van der Waals surface area (Å²) in [4.78, 5) is 10.9. The largest absolute Gasteiger partial charge is 0.331 e. The van der Waals surface area contributed by atoms with E-state index in [1.54, 1.807) is 0 Å².